The van der Waals surface area contributed by atoms with Crippen LogP contribution >= 0.6 is 22.7 Å². The predicted octanol–water partition coefficient (Wildman–Crippen LogP) is 15.3. The number of hydrogen-bond donors (Lipinski definition) is 0. The smallest absolute Gasteiger partial charge is 0.0731 e. The normalized spacial score (nSPS) is 13.6. The molecule has 55 heavy (non-hydrogen) atoms. The molecule has 0 amide bonds. The van der Waals surface area contributed by atoms with Crippen molar-refractivity contribution in [1.82, 2.24) is 0 Å². The van der Waals surface area contributed by atoms with E-state index in [1.165, 1.54) is 118 Å². The van der Waals surface area contributed by atoms with Crippen LogP contribution < -0.4 is 0 Å². The number of benzene rings is 9. The Labute approximate surface area is 326 Å². The Hall–Kier alpha value is -6.32. The van der Waals surface area contributed by atoms with Crippen LogP contribution in [0.3, 0.4) is 0 Å². The van der Waals surface area contributed by atoms with Gasteiger partial charge in [0.2, 0.25) is 0 Å². The summed E-state index contributed by atoms with van der Waals surface area (Å²) in [4.78, 5) is 0. The van der Waals surface area contributed by atoms with Crippen molar-refractivity contribution in [3.63, 3.8) is 0 Å². The highest BCUT2D eigenvalue weighted by Gasteiger charge is 2.52. The maximum absolute atomic E-state index is 2.52. The zero-order valence-corrected chi connectivity index (χ0v) is 31.3. The summed E-state index contributed by atoms with van der Waals surface area (Å²) in [6, 6.07) is 69.1. The van der Waals surface area contributed by atoms with Crippen LogP contribution in [0.5, 0.6) is 0 Å². The summed E-state index contributed by atoms with van der Waals surface area (Å²) in [5.41, 5.74) is 15.5. The van der Waals surface area contributed by atoms with E-state index in [4.69, 9.17) is 0 Å². The third kappa shape index (κ3) is 3.95. The topological polar surface area (TPSA) is 0 Å². The van der Waals surface area contributed by atoms with Crippen LogP contribution in [0.1, 0.15) is 22.3 Å². The molecule has 9 aromatic carbocycles. The van der Waals surface area contributed by atoms with Crippen molar-refractivity contribution in [2.24, 2.45) is 0 Å². The molecule has 254 valence electrons. The monoisotopic (exact) mass is 730 g/mol. The van der Waals surface area contributed by atoms with Crippen molar-refractivity contribution in [1.29, 1.82) is 0 Å². The molecule has 0 unspecified atom stereocenters. The summed E-state index contributed by atoms with van der Waals surface area (Å²) in [7, 11) is 0. The van der Waals surface area contributed by atoms with Gasteiger partial charge in [0.05, 0.1) is 5.41 Å². The van der Waals surface area contributed by atoms with E-state index in [1.54, 1.807) is 0 Å². The second-order valence-corrected chi connectivity index (χ2v) is 17.3. The largest absolute Gasteiger partial charge is 0.135 e. The predicted molar refractivity (Wildman–Crippen MR) is 237 cm³/mol. The summed E-state index contributed by atoms with van der Waals surface area (Å²) in [6.07, 6.45) is 0. The minimum Gasteiger partial charge on any atom is -0.135 e. The fraction of sp³-hybridized carbons (Fsp3) is 0.0189. The number of fused-ring (bicyclic) bond motifs is 18. The van der Waals surface area contributed by atoms with E-state index in [-0.39, 0.29) is 0 Å². The molecule has 0 atom stereocenters. The fourth-order valence-electron chi connectivity index (χ4n) is 10.1. The lowest BCUT2D eigenvalue weighted by molar-refractivity contribution is 0.801. The van der Waals surface area contributed by atoms with Crippen molar-refractivity contribution in [2.75, 3.05) is 0 Å². The first kappa shape index (κ1) is 30.1. The first-order valence-corrected chi connectivity index (χ1v) is 20.6. The summed E-state index contributed by atoms with van der Waals surface area (Å²) in [5.74, 6) is 0. The number of hydrogen-bond acceptors (Lipinski definition) is 2. The Morgan fingerprint density at radius 2 is 0.745 bits per heavy atom. The Morgan fingerprint density at radius 1 is 0.291 bits per heavy atom. The highest BCUT2D eigenvalue weighted by atomic mass is 32.1. The van der Waals surface area contributed by atoms with Gasteiger partial charge in [-0.05, 0) is 114 Å². The van der Waals surface area contributed by atoms with Gasteiger partial charge in [0.15, 0.2) is 0 Å². The van der Waals surface area contributed by atoms with Crippen molar-refractivity contribution < 1.29 is 0 Å². The van der Waals surface area contributed by atoms with E-state index in [1.807, 2.05) is 22.7 Å². The second kappa shape index (κ2) is 10.9. The molecule has 13 rings (SSSR count). The van der Waals surface area contributed by atoms with Gasteiger partial charge in [0.25, 0.3) is 0 Å². The van der Waals surface area contributed by atoms with Gasteiger partial charge in [0, 0.05) is 40.3 Å². The first-order valence-electron chi connectivity index (χ1n) is 19.0. The summed E-state index contributed by atoms with van der Waals surface area (Å²) < 4.78 is 5.35. The Kier molecular flexibility index (Phi) is 5.95. The molecule has 2 heterocycles. The molecule has 0 radical (unpaired) electrons. The minimum absolute atomic E-state index is 0.438. The van der Waals surface area contributed by atoms with Gasteiger partial charge in [-0.25, -0.2) is 0 Å². The molecule has 0 nitrogen and oxygen atoms in total. The van der Waals surface area contributed by atoms with Crippen molar-refractivity contribution in [3.8, 4) is 44.5 Å². The number of rotatable bonds is 2. The molecule has 0 aliphatic heterocycles. The first-order chi connectivity index (χ1) is 27.2. The zero-order valence-electron chi connectivity index (χ0n) is 29.6. The lowest BCUT2D eigenvalue weighted by atomic mass is 9.69. The van der Waals surface area contributed by atoms with E-state index >= 15 is 0 Å². The highest BCUT2D eigenvalue weighted by Crippen LogP contribution is 2.64. The zero-order chi connectivity index (χ0) is 35.8. The van der Waals surface area contributed by atoms with E-state index in [0.29, 0.717) is 0 Å². The van der Waals surface area contributed by atoms with Gasteiger partial charge in [-0.1, -0.05) is 146 Å². The Morgan fingerprint density at radius 3 is 1.38 bits per heavy atom. The lowest BCUT2D eigenvalue weighted by Gasteiger charge is -2.31. The lowest BCUT2D eigenvalue weighted by Crippen LogP contribution is -2.26. The van der Waals surface area contributed by atoms with E-state index < -0.39 is 5.41 Å². The maximum atomic E-state index is 2.52. The molecule has 0 fully saturated rings. The minimum atomic E-state index is -0.438. The molecule has 2 aliphatic carbocycles. The summed E-state index contributed by atoms with van der Waals surface area (Å²) >= 11 is 3.77. The van der Waals surface area contributed by atoms with Crippen LogP contribution in [0, 0.1) is 0 Å². The summed E-state index contributed by atoms with van der Waals surface area (Å²) in [6.45, 7) is 0. The van der Waals surface area contributed by atoms with Crippen LogP contribution in [0.15, 0.2) is 182 Å². The quantitative estimate of drug-likeness (QED) is 0.166. The molecule has 0 N–H and O–H groups in total. The molecular formula is C53H30S2. The molecule has 1 spiro atoms. The highest BCUT2D eigenvalue weighted by molar-refractivity contribution is 7.26. The molecule has 2 aliphatic rings. The average Bonchev–Trinajstić information content (AvgIpc) is 3.97. The molecule has 0 bridgehead atoms. The molecule has 11 aromatic rings. The molecule has 0 saturated carbocycles. The van der Waals surface area contributed by atoms with E-state index in [2.05, 4.69) is 182 Å². The molecule has 0 saturated heterocycles. The SMILES string of the molecule is c1ccc2c(c1)-c1ccccc1C21c2cc(-c3ccc4c(c3)sc3ccccc34)ccc2-c2ccc3cc(-c4ccc5c(c4)sc4ccccc45)ccc3c21. The van der Waals surface area contributed by atoms with Gasteiger partial charge in [-0.3, -0.25) is 0 Å². The molecule has 2 aromatic heterocycles. The standard InChI is InChI=1S/C53H30S2/c1-5-13-45-37(9-1)38-10-2-6-14-46(38)53(45)47-28-32(34-20-25-43-41-12-4-8-16-49(41)55-51(43)30-34)18-23-39(47)44-26-21-35-27-31(17-22-36(35)52(44)53)33-19-24-42-40-11-3-7-15-48(40)54-50(42)29-33/h1-30H. The Bertz CT molecular complexity index is 3400. The van der Waals surface area contributed by atoms with E-state index in [9.17, 15) is 0 Å². The maximum Gasteiger partial charge on any atom is 0.0731 e. The van der Waals surface area contributed by atoms with Crippen molar-refractivity contribution in [2.45, 2.75) is 5.41 Å². The summed E-state index contributed by atoms with van der Waals surface area (Å²) in [5, 5.41) is 7.95. The van der Waals surface area contributed by atoms with Crippen LogP contribution in [0.2, 0.25) is 0 Å². The van der Waals surface area contributed by atoms with Gasteiger partial charge in [-0.2, -0.15) is 0 Å². The van der Waals surface area contributed by atoms with Crippen LogP contribution in [-0.4, -0.2) is 0 Å². The van der Waals surface area contributed by atoms with Crippen LogP contribution in [0.25, 0.3) is 95.6 Å². The number of thiophene rings is 2. The fourth-order valence-corrected chi connectivity index (χ4v) is 12.4. The average molecular weight is 731 g/mol. The third-order valence-corrected chi connectivity index (χ3v) is 14.8. The van der Waals surface area contributed by atoms with Crippen molar-refractivity contribution in [3.05, 3.63) is 204 Å². The second-order valence-electron chi connectivity index (χ2n) is 15.1. The Balaban J connectivity index is 1.04. The van der Waals surface area contributed by atoms with Gasteiger partial charge < -0.3 is 0 Å². The molecular weight excluding hydrogens is 701 g/mol. The van der Waals surface area contributed by atoms with Crippen LogP contribution in [-0.2, 0) is 5.41 Å². The molecule has 2 heteroatoms. The van der Waals surface area contributed by atoms with E-state index in [0.717, 1.165) is 0 Å². The third-order valence-electron chi connectivity index (χ3n) is 12.5. The van der Waals surface area contributed by atoms with Gasteiger partial charge >= 0.3 is 0 Å². The van der Waals surface area contributed by atoms with Gasteiger partial charge in [-0.15, -0.1) is 22.7 Å². The van der Waals surface area contributed by atoms with Crippen LogP contribution in [0.4, 0.5) is 0 Å². The van der Waals surface area contributed by atoms with Crippen molar-refractivity contribution >= 4 is 73.8 Å². The van der Waals surface area contributed by atoms with Gasteiger partial charge in [0.1, 0.15) is 0 Å².